The summed E-state index contributed by atoms with van der Waals surface area (Å²) < 4.78 is 87.2. The van der Waals surface area contributed by atoms with Gasteiger partial charge in [-0.3, -0.25) is 0 Å². The summed E-state index contributed by atoms with van der Waals surface area (Å²) in [4.78, 5) is 3.72. The van der Waals surface area contributed by atoms with Crippen molar-refractivity contribution in [2.45, 2.75) is 46.7 Å². The maximum atomic E-state index is 17.0. The van der Waals surface area contributed by atoms with E-state index in [2.05, 4.69) is 79.5 Å². The van der Waals surface area contributed by atoms with Crippen molar-refractivity contribution in [3.05, 3.63) is 252 Å². The number of halogens is 5. The first kappa shape index (κ1) is 49.7. The molecule has 3 aromatic heterocycles. The first-order chi connectivity index (χ1) is 39.3. The number of nitrogens with zero attached hydrogens (tertiary/aromatic N) is 2. The topological polar surface area (TPSA) is 25.6 Å². The summed E-state index contributed by atoms with van der Waals surface area (Å²) in [5.41, 5.74) is 14.1. The second-order valence-corrected chi connectivity index (χ2v) is 21.7. The summed E-state index contributed by atoms with van der Waals surface area (Å²) in [6, 6.07) is 66.9. The number of fused-ring (bicyclic) bond motifs is 9. The van der Waals surface area contributed by atoms with E-state index in [0.717, 1.165) is 119 Å². The van der Waals surface area contributed by atoms with Crippen LogP contribution >= 0.6 is 0 Å². The number of aromatic nitrogens is 3. The Morgan fingerprint density at radius 1 is 0.383 bits per heavy atom. The lowest BCUT2D eigenvalue weighted by atomic mass is 9.91. The summed E-state index contributed by atoms with van der Waals surface area (Å²) in [6.45, 7) is 8.29. The maximum absolute atomic E-state index is 17.0. The highest BCUT2D eigenvalue weighted by molar-refractivity contribution is 6.15. The molecule has 14 rings (SSSR count). The zero-order valence-corrected chi connectivity index (χ0v) is 44.9. The highest BCUT2D eigenvalue weighted by atomic mass is 19.4. The van der Waals surface area contributed by atoms with Crippen molar-refractivity contribution >= 4 is 65.4 Å². The van der Waals surface area contributed by atoms with Gasteiger partial charge in [0.2, 0.25) is 0 Å². The second kappa shape index (κ2) is 19.1. The summed E-state index contributed by atoms with van der Waals surface area (Å²) >= 11 is 0. The van der Waals surface area contributed by atoms with Gasteiger partial charge in [0.05, 0.1) is 39.0 Å². The average Bonchev–Trinajstić information content (AvgIpc) is 3.28. The van der Waals surface area contributed by atoms with Crippen LogP contribution < -0.4 is 0 Å². The predicted molar refractivity (Wildman–Crippen MR) is 325 cm³/mol. The smallest absolute Gasteiger partial charge is 0.354 e. The monoisotopic (exact) mass is 1070 g/mol. The van der Waals surface area contributed by atoms with Gasteiger partial charge in [-0.05, 0) is 168 Å². The van der Waals surface area contributed by atoms with Gasteiger partial charge >= 0.3 is 6.18 Å². The van der Waals surface area contributed by atoms with Gasteiger partial charge in [-0.1, -0.05) is 157 Å². The molecule has 394 valence electrons. The van der Waals surface area contributed by atoms with Crippen LogP contribution in [0.1, 0.15) is 41.2 Å². The van der Waals surface area contributed by atoms with Gasteiger partial charge in [-0.2, -0.15) is 13.2 Å². The van der Waals surface area contributed by atoms with Crippen molar-refractivity contribution in [3.63, 3.8) is 0 Å². The molecule has 11 aromatic carbocycles. The molecule has 81 heavy (non-hydrogen) atoms. The molecule has 3 nitrogen and oxygen atoms in total. The number of rotatable bonds is 9. The molecule has 1 N–H and O–H groups in total. The quantitative estimate of drug-likeness (QED) is 0.139. The Kier molecular flexibility index (Phi) is 11.7. The van der Waals surface area contributed by atoms with E-state index in [1.165, 1.54) is 23.8 Å². The van der Waals surface area contributed by atoms with Gasteiger partial charge < -0.3 is 14.1 Å². The van der Waals surface area contributed by atoms with Crippen LogP contribution in [0, 0.1) is 32.4 Å². The van der Waals surface area contributed by atoms with E-state index < -0.39 is 28.9 Å². The molecule has 0 aliphatic heterocycles. The van der Waals surface area contributed by atoms with Gasteiger partial charge in [-0.25, -0.2) is 8.78 Å². The fourth-order valence-electron chi connectivity index (χ4n) is 12.4. The van der Waals surface area contributed by atoms with Crippen LogP contribution in [0.2, 0.25) is 0 Å². The van der Waals surface area contributed by atoms with Crippen molar-refractivity contribution in [1.29, 1.82) is 0 Å². The van der Waals surface area contributed by atoms with E-state index in [-0.39, 0.29) is 16.9 Å². The Balaban J connectivity index is 1.08. The molecule has 0 unspecified atom stereocenters. The van der Waals surface area contributed by atoms with Gasteiger partial charge in [-0.15, -0.1) is 0 Å². The predicted octanol–water partition coefficient (Wildman–Crippen LogP) is 21.0. The Morgan fingerprint density at radius 3 is 1.41 bits per heavy atom. The molecular formula is C73H52F5N3. The van der Waals surface area contributed by atoms with Gasteiger partial charge in [0.15, 0.2) is 0 Å². The van der Waals surface area contributed by atoms with Gasteiger partial charge in [0.1, 0.15) is 17.2 Å². The van der Waals surface area contributed by atoms with E-state index in [4.69, 9.17) is 0 Å². The fourth-order valence-corrected chi connectivity index (χ4v) is 12.4. The highest BCUT2D eigenvalue weighted by Crippen LogP contribution is 2.49. The molecule has 0 bridgehead atoms. The third-order valence-electron chi connectivity index (χ3n) is 16.3. The Bertz CT molecular complexity index is 4820. The van der Waals surface area contributed by atoms with Gasteiger partial charge in [0.25, 0.3) is 0 Å². The fraction of sp³-hybridized carbons (Fsp3) is 0.0959. The minimum absolute atomic E-state index is 0.0507. The van der Waals surface area contributed by atoms with Crippen molar-refractivity contribution in [2.75, 3.05) is 0 Å². The number of aryl methyl sites for hydroxylation is 4. The lowest BCUT2D eigenvalue weighted by molar-refractivity contribution is -0.137. The first-order valence-corrected chi connectivity index (χ1v) is 27.4. The third kappa shape index (κ3) is 8.39. The minimum Gasteiger partial charge on any atom is -0.354 e. The third-order valence-corrected chi connectivity index (χ3v) is 16.3. The molecule has 0 spiro atoms. The number of H-pyrrole nitrogens is 1. The summed E-state index contributed by atoms with van der Waals surface area (Å²) in [5.74, 6) is -1.80. The number of para-hydroxylation sites is 1. The average molecular weight is 1070 g/mol. The van der Waals surface area contributed by atoms with Gasteiger partial charge in [0, 0.05) is 43.4 Å². The molecule has 0 aliphatic carbocycles. The van der Waals surface area contributed by atoms with Crippen molar-refractivity contribution < 1.29 is 22.0 Å². The van der Waals surface area contributed by atoms with Crippen molar-refractivity contribution in [3.8, 4) is 67.0 Å². The molecule has 8 heteroatoms. The summed E-state index contributed by atoms with van der Waals surface area (Å²) in [5, 5.41) is 5.01. The first-order valence-electron chi connectivity index (χ1n) is 27.4. The SMILES string of the molecule is CCCc1ccc2c(c1)[nH]c1cc(-c3ccc(C)cc3)c(-c3ccc4c(c3)c3cc(-c5ccc(C)cc5)ccc3n4-c3cc(-c4c(F)cccc4F)cc(-n4c5ccccc5c5cc(-c6ccc(C)cc6)ccc54)c3C(F)(F)F)cc12. The summed E-state index contributed by atoms with van der Waals surface area (Å²) in [7, 11) is 0. The van der Waals surface area contributed by atoms with E-state index in [0.29, 0.717) is 32.8 Å². The number of hydrogen-bond donors (Lipinski definition) is 1. The number of aromatic amines is 1. The van der Waals surface area contributed by atoms with E-state index in [1.807, 2.05) is 123 Å². The zero-order chi connectivity index (χ0) is 55.4. The van der Waals surface area contributed by atoms with Crippen LogP contribution in [0.5, 0.6) is 0 Å². The zero-order valence-electron chi connectivity index (χ0n) is 44.9. The van der Waals surface area contributed by atoms with Crippen molar-refractivity contribution in [1.82, 2.24) is 14.1 Å². The van der Waals surface area contributed by atoms with E-state index in [9.17, 15) is 0 Å². The molecule has 0 saturated heterocycles. The van der Waals surface area contributed by atoms with E-state index in [1.54, 1.807) is 21.3 Å². The molecule has 14 aromatic rings. The molecule has 0 radical (unpaired) electrons. The number of hydrogen-bond acceptors (Lipinski definition) is 0. The van der Waals surface area contributed by atoms with Crippen LogP contribution in [0.15, 0.2) is 212 Å². The molecule has 0 aliphatic rings. The number of benzene rings is 11. The standard InChI is InChI=1S/C73H52F5N3/c1-5-9-45-20-30-53-57-40-55(56(41-64(57)79-63(53)34-45)48-25-18-44(4)19-26-48)51-29-33-68-60(37-51)59-36-50(47-23-16-43(3)17-24-47)28-32-67(59)81(68)70-39-52(71-61(74)11-8-12-62(71)75)38-69(72(70)73(76,77)78)80-65-13-7-6-10-54(65)58-35-49(27-31-66(58)80)46-21-14-42(2)15-22-46/h6-8,10-41,79H,5,9H2,1-4H3. The minimum atomic E-state index is -5.00. The van der Waals surface area contributed by atoms with Crippen LogP contribution in [0.25, 0.3) is 132 Å². The molecular weight excluding hydrogens is 1010 g/mol. The summed E-state index contributed by atoms with van der Waals surface area (Å²) in [6.07, 6.45) is -3.00. The van der Waals surface area contributed by atoms with Crippen molar-refractivity contribution in [2.24, 2.45) is 0 Å². The molecule has 0 atom stereocenters. The number of nitrogens with one attached hydrogen (secondary N) is 1. The molecule has 3 heterocycles. The normalized spacial score (nSPS) is 12.1. The second-order valence-electron chi connectivity index (χ2n) is 21.7. The largest absolute Gasteiger partial charge is 0.420 e. The Hall–Kier alpha value is -9.53. The van der Waals surface area contributed by atoms with Crippen LogP contribution in [0.3, 0.4) is 0 Å². The Labute approximate surface area is 464 Å². The number of alkyl halides is 3. The van der Waals surface area contributed by atoms with Crippen LogP contribution in [0.4, 0.5) is 22.0 Å². The maximum Gasteiger partial charge on any atom is 0.420 e. The van der Waals surface area contributed by atoms with Crippen LogP contribution in [-0.2, 0) is 12.6 Å². The van der Waals surface area contributed by atoms with E-state index >= 15 is 22.0 Å². The Morgan fingerprint density at radius 2 is 0.852 bits per heavy atom. The molecule has 0 fully saturated rings. The molecule has 0 saturated carbocycles. The lowest BCUT2D eigenvalue weighted by Gasteiger charge is -2.23. The highest BCUT2D eigenvalue weighted by Gasteiger charge is 2.40. The lowest BCUT2D eigenvalue weighted by Crippen LogP contribution is -2.16. The molecule has 0 amide bonds. The van der Waals surface area contributed by atoms with Crippen LogP contribution in [-0.4, -0.2) is 14.1 Å².